The Morgan fingerprint density at radius 2 is 2.56 bits per heavy atom. The van der Waals surface area contributed by atoms with Crippen LogP contribution in [0.25, 0.3) is 0 Å². The Hall–Kier alpha value is -0.300. The van der Waals surface area contributed by atoms with E-state index in [4.69, 9.17) is 4.74 Å². The Bertz CT molecular complexity index is 149. The van der Waals surface area contributed by atoms with Gasteiger partial charge in [0.2, 0.25) is 0 Å². The first kappa shape index (κ1) is 5.48. The second kappa shape index (κ2) is 1.84. The van der Waals surface area contributed by atoms with Crippen molar-refractivity contribution in [2.75, 3.05) is 7.11 Å². The number of methoxy groups -OCH3 is 1. The average molecular weight is 124 g/mol. The molecule has 2 unspecified atom stereocenters. The molecule has 2 rings (SSSR count). The number of hydrogen-bond donors (Lipinski definition) is 0. The Labute approximate surface area is 55.7 Å². The molecule has 2 aliphatic rings. The van der Waals surface area contributed by atoms with E-state index in [1.807, 2.05) is 7.11 Å². The van der Waals surface area contributed by atoms with Gasteiger partial charge in [-0.3, -0.25) is 0 Å². The highest BCUT2D eigenvalue weighted by atomic mass is 16.5. The summed E-state index contributed by atoms with van der Waals surface area (Å²) in [7, 11) is 1.81. The van der Waals surface area contributed by atoms with Gasteiger partial charge in [-0.15, -0.1) is 0 Å². The molecule has 1 heteroatoms. The lowest BCUT2D eigenvalue weighted by Gasteiger charge is -2.12. The third-order valence-electron chi connectivity index (χ3n) is 2.48. The molecule has 2 bridgehead atoms. The van der Waals surface area contributed by atoms with Crippen LogP contribution in [-0.4, -0.2) is 13.2 Å². The molecule has 2 atom stereocenters. The number of hydrogen-bond acceptors (Lipinski definition) is 1. The van der Waals surface area contributed by atoms with Crippen LogP contribution in [0.15, 0.2) is 11.6 Å². The molecule has 0 heterocycles. The summed E-state index contributed by atoms with van der Waals surface area (Å²) in [4.78, 5) is 0. The molecule has 0 amide bonds. The van der Waals surface area contributed by atoms with Crippen molar-refractivity contribution in [1.29, 1.82) is 0 Å². The number of ether oxygens (including phenoxy) is 1. The lowest BCUT2D eigenvalue weighted by atomic mass is 10.0. The largest absolute Gasteiger partial charge is 0.377 e. The second-order valence-electron chi connectivity index (χ2n) is 3.04. The van der Waals surface area contributed by atoms with E-state index in [2.05, 4.69) is 6.08 Å². The fourth-order valence-electron chi connectivity index (χ4n) is 1.96. The lowest BCUT2D eigenvalue weighted by molar-refractivity contribution is 0.127. The molecule has 50 valence electrons. The van der Waals surface area contributed by atoms with Crippen LogP contribution < -0.4 is 0 Å². The van der Waals surface area contributed by atoms with Crippen molar-refractivity contribution in [2.45, 2.75) is 25.4 Å². The molecular formula is C8H12O. The third-order valence-corrected chi connectivity index (χ3v) is 2.48. The van der Waals surface area contributed by atoms with Gasteiger partial charge in [0, 0.05) is 7.11 Å². The van der Waals surface area contributed by atoms with Gasteiger partial charge in [-0.25, -0.2) is 0 Å². The van der Waals surface area contributed by atoms with Gasteiger partial charge >= 0.3 is 0 Å². The minimum atomic E-state index is 0.490. The number of fused-ring (bicyclic) bond motifs is 2. The Kier molecular flexibility index (Phi) is 1.12. The summed E-state index contributed by atoms with van der Waals surface area (Å²) in [6.07, 6.45) is 6.75. The van der Waals surface area contributed by atoms with E-state index in [0.717, 1.165) is 5.92 Å². The molecule has 1 nitrogen and oxygen atoms in total. The summed E-state index contributed by atoms with van der Waals surface area (Å²) in [6.45, 7) is 0. The second-order valence-corrected chi connectivity index (χ2v) is 3.04. The van der Waals surface area contributed by atoms with E-state index in [0.29, 0.717) is 6.10 Å². The van der Waals surface area contributed by atoms with E-state index in [1.165, 1.54) is 19.3 Å². The fourth-order valence-corrected chi connectivity index (χ4v) is 1.96. The predicted molar refractivity (Wildman–Crippen MR) is 36.2 cm³/mol. The van der Waals surface area contributed by atoms with Crippen molar-refractivity contribution >= 4 is 0 Å². The van der Waals surface area contributed by atoms with Gasteiger partial charge in [0.15, 0.2) is 0 Å². The van der Waals surface area contributed by atoms with Crippen molar-refractivity contribution in [1.82, 2.24) is 0 Å². The van der Waals surface area contributed by atoms with Crippen LogP contribution in [0.5, 0.6) is 0 Å². The molecule has 0 aromatic carbocycles. The summed E-state index contributed by atoms with van der Waals surface area (Å²) in [5, 5.41) is 0. The zero-order chi connectivity index (χ0) is 6.27. The summed E-state index contributed by atoms with van der Waals surface area (Å²) < 4.78 is 5.28. The minimum absolute atomic E-state index is 0.490. The molecule has 0 aromatic rings. The normalized spacial score (nSPS) is 39.4. The van der Waals surface area contributed by atoms with E-state index in [9.17, 15) is 0 Å². The Morgan fingerprint density at radius 1 is 1.67 bits per heavy atom. The summed E-state index contributed by atoms with van der Waals surface area (Å²) >= 11 is 0. The van der Waals surface area contributed by atoms with Gasteiger partial charge in [-0.05, 0) is 30.8 Å². The highest BCUT2D eigenvalue weighted by molar-refractivity contribution is 5.21. The highest BCUT2D eigenvalue weighted by Crippen LogP contribution is 2.40. The summed E-state index contributed by atoms with van der Waals surface area (Å²) in [6, 6.07) is 0. The molecular weight excluding hydrogens is 112 g/mol. The van der Waals surface area contributed by atoms with Gasteiger partial charge in [0.05, 0.1) is 6.10 Å². The summed E-state index contributed by atoms with van der Waals surface area (Å²) in [5.41, 5.74) is 1.56. The molecule has 2 aliphatic carbocycles. The monoisotopic (exact) mass is 124 g/mol. The number of rotatable bonds is 1. The Balaban J connectivity index is 2.15. The molecule has 0 saturated heterocycles. The first-order valence-electron chi connectivity index (χ1n) is 3.62. The molecule has 9 heavy (non-hydrogen) atoms. The molecule has 0 aliphatic heterocycles. The first-order valence-corrected chi connectivity index (χ1v) is 3.62. The smallest absolute Gasteiger partial charge is 0.0784 e. The van der Waals surface area contributed by atoms with Crippen LogP contribution in [0.2, 0.25) is 0 Å². The van der Waals surface area contributed by atoms with Crippen LogP contribution in [-0.2, 0) is 4.74 Å². The molecule has 1 saturated carbocycles. The fraction of sp³-hybridized carbons (Fsp3) is 0.750. The molecule has 1 fully saturated rings. The average Bonchev–Trinajstić information content (AvgIpc) is 2.45. The van der Waals surface area contributed by atoms with Crippen molar-refractivity contribution < 1.29 is 4.74 Å². The Morgan fingerprint density at radius 3 is 2.89 bits per heavy atom. The standard InChI is InChI=1S/C8H12O/c1-9-8-5-6-2-3-7(8)4-6/h3,6,8H,2,4-5H2,1H3. The molecule has 0 radical (unpaired) electrons. The zero-order valence-electron chi connectivity index (χ0n) is 5.76. The van der Waals surface area contributed by atoms with Crippen molar-refractivity contribution in [3.63, 3.8) is 0 Å². The van der Waals surface area contributed by atoms with Gasteiger partial charge in [0.1, 0.15) is 0 Å². The van der Waals surface area contributed by atoms with Gasteiger partial charge in [-0.1, -0.05) is 6.08 Å². The minimum Gasteiger partial charge on any atom is -0.377 e. The maximum Gasteiger partial charge on any atom is 0.0784 e. The van der Waals surface area contributed by atoms with Crippen LogP contribution >= 0.6 is 0 Å². The van der Waals surface area contributed by atoms with E-state index >= 15 is 0 Å². The van der Waals surface area contributed by atoms with Crippen molar-refractivity contribution in [3.05, 3.63) is 11.6 Å². The third kappa shape index (κ3) is 0.715. The summed E-state index contributed by atoms with van der Waals surface area (Å²) in [5.74, 6) is 0.935. The van der Waals surface area contributed by atoms with E-state index < -0.39 is 0 Å². The van der Waals surface area contributed by atoms with Crippen LogP contribution in [0.1, 0.15) is 19.3 Å². The maximum atomic E-state index is 5.28. The van der Waals surface area contributed by atoms with Crippen LogP contribution in [0.4, 0.5) is 0 Å². The van der Waals surface area contributed by atoms with Gasteiger partial charge in [-0.2, -0.15) is 0 Å². The van der Waals surface area contributed by atoms with Crippen molar-refractivity contribution in [2.24, 2.45) is 5.92 Å². The maximum absolute atomic E-state index is 5.28. The highest BCUT2D eigenvalue weighted by Gasteiger charge is 2.32. The van der Waals surface area contributed by atoms with Crippen molar-refractivity contribution in [3.8, 4) is 0 Å². The SMILES string of the molecule is COC1CC2CC=C1C2. The first-order chi connectivity index (χ1) is 4.40. The van der Waals surface area contributed by atoms with Gasteiger partial charge < -0.3 is 4.74 Å². The topological polar surface area (TPSA) is 9.23 Å². The van der Waals surface area contributed by atoms with E-state index in [1.54, 1.807) is 5.57 Å². The number of allylic oxidation sites excluding steroid dienone is 1. The van der Waals surface area contributed by atoms with E-state index in [-0.39, 0.29) is 0 Å². The lowest BCUT2D eigenvalue weighted by Crippen LogP contribution is -2.09. The molecule has 0 aromatic heterocycles. The van der Waals surface area contributed by atoms with Crippen LogP contribution in [0.3, 0.4) is 0 Å². The molecule has 0 N–H and O–H groups in total. The predicted octanol–water partition coefficient (Wildman–Crippen LogP) is 1.74. The van der Waals surface area contributed by atoms with Crippen LogP contribution in [0, 0.1) is 5.92 Å². The zero-order valence-corrected chi connectivity index (χ0v) is 5.76. The quantitative estimate of drug-likeness (QED) is 0.484. The molecule has 0 spiro atoms. The van der Waals surface area contributed by atoms with Gasteiger partial charge in [0.25, 0.3) is 0 Å².